The van der Waals surface area contributed by atoms with E-state index in [1.54, 1.807) is 6.07 Å². The van der Waals surface area contributed by atoms with Crippen molar-refractivity contribution in [3.63, 3.8) is 0 Å². The number of rotatable bonds is 4. The van der Waals surface area contributed by atoms with Crippen LogP contribution in [0.3, 0.4) is 0 Å². The molecule has 0 aliphatic heterocycles. The Morgan fingerprint density at radius 1 is 1.26 bits per heavy atom. The fraction of sp³-hybridized carbons (Fsp3) is 0.375. The maximum atomic E-state index is 14.2. The Bertz CT molecular complexity index is 551. The van der Waals surface area contributed by atoms with E-state index >= 15 is 0 Å². The average molecular weight is 261 g/mol. The van der Waals surface area contributed by atoms with E-state index in [1.165, 1.54) is 0 Å². The van der Waals surface area contributed by atoms with E-state index in [0.29, 0.717) is 5.56 Å². The molecule has 0 amide bonds. The lowest BCUT2D eigenvalue weighted by molar-refractivity contribution is 0.426. The zero-order valence-electron chi connectivity index (χ0n) is 11.9. The molecule has 1 aromatic carbocycles. The third-order valence-electron chi connectivity index (χ3n) is 3.37. The SMILES string of the molecule is CCc1ccc(C(NC)c2c(C)cc(C)cc2F)o1. The van der Waals surface area contributed by atoms with E-state index < -0.39 is 0 Å². The Balaban J connectivity index is 2.47. The van der Waals surface area contributed by atoms with Crippen LogP contribution in [0.4, 0.5) is 4.39 Å². The van der Waals surface area contributed by atoms with Gasteiger partial charge in [-0.1, -0.05) is 13.0 Å². The van der Waals surface area contributed by atoms with Gasteiger partial charge in [0.1, 0.15) is 17.3 Å². The molecule has 1 atom stereocenters. The van der Waals surface area contributed by atoms with Crippen LogP contribution in [-0.4, -0.2) is 7.05 Å². The minimum Gasteiger partial charge on any atom is -0.464 e. The summed E-state index contributed by atoms with van der Waals surface area (Å²) in [5.74, 6) is 1.48. The first-order valence-electron chi connectivity index (χ1n) is 6.59. The van der Waals surface area contributed by atoms with Crippen molar-refractivity contribution in [3.05, 3.63) is 58.3 Å². The Hall–Kier alpha value is -1.61. The second kappa shape index (κ2) is 5.57. The van der Waals surface area contributed by atoms with Crippen LogP contribution in [0.1, 0.15) is 41.2 Å². The number of halogens is 1. The summed E-state index contributed by atoms with van der Waals surface area (Å²) in [5.41, 5.74) is 2.53. The summed E-state index contributed by atoms with van der Waals surface area (Å²) in [4.78, 5) is 0. The van der Waals surface area contributed by atoms with Gasteiger partial charge in [0.15, 0.2) is 0 Å². The molecule has 3 heteroatoms. The predicted molar refractivity (Wildman–Crippen MR) is 74.9 cm³/mol. The first-order chi connectivity index (χ1) is 9.06. The van der Waals surface area contributed by atoms with Gasteiger partial charge in [-0.25, -0.2) is 4.39 Å². The Morgan fingerprint density at radius 2 is 2.00 bits per heavy atom. The van der Waals surface area contributed by atoms with E-state index in [-0.39, 0.29) is 11.9 Å². The summed E-state index contributed by atoms with van der Waals surface area (Å²) in [7, 11) is 1.82. The van der Waals surface area contributed by atoms with E-state index in [2.05, 4.69) is 5.32 Å². The Labute approximate surface area is 113 Å². The highest BCUT2D eigenvalue weighted by Crippen LogP contribution is 2.29. The molecule has 19 heavy (non-hydrogen) atoms. The Morgan fingerprint density at radius 3 is 2.53 bits per heavy atom. The second-order valence-corrected chi connectivity index (χ2v) is 4.86. The summed E-state index contributed by atoms with van der Waals surface area (Å²) in [6, 6.07) is 7.17. The first kappa shape index (κ1) is 13.8. The molecule has 2 rings (SSSR count). The lowest BCUT2D eigenvalue weighted by atomic mass is 9.97. The molecule has 1 N–H and O–H groups in total. The number of hydrogen-bond acceptors (Lipinski definition) is 2. The highest BCUT2D eigenvalue weighted by Gasteiger charge is 2.21. The zero-order chi connectivity index (χ0) is 14.0. The molecular weight excluding hydrogens is 241 g/mol. The van der Waals surface area contributed by atoms with Crippen LogP contribution >= 0.6 is 0 Å². The molecule has 0 saturated carbocycles. The van der Waals surface area contributed by atoms with Crippen molar-refractivity contribution in [1.82, 2.24) is 5.32 Å². The Kier molecular flexibility index (Phi) is 4.05. The third-order valence-corrected chi connectivity index (χ3v) is 3.37. The van der Waals surface area contributed by atoms with E-state index in [1.807, 2.05) is 46.0 Å². The van der Waals surface area contributed by atoms with E-state index in [9.17, 15) is 4.39 Å². The summed E-state index contributed by atoms with van der Waals surface area (Å²) < 4.78 is 20.0. The predicted octanol–water partition coefficient (Wildman–Crippen LogP) is 3.91. The fourth-order valence-corrected chi connectivity index (χ4v) is 2.46. The molecule has 0 fully saturated rings. The van der Waals surface area contributed by atoms with E-state index in [4.69, 9.17) is 4.42 Å². The van der Waals surface area contributed by atoms with Crippen LogP contribution in [-0.2, 0) is 6.42 Å². The molecule has 0 bridgehead atoms. The van der Waals surface area contributed by atoms with Crippen LogP contribution in [0.25, 0.3) is 0 Å². The van der Waals surface area contributed by atoms with E-state index in [0.717, 1.165) is 29.1 Å². The van der Waals surface area contributed by atoms with Gasteiger partial charge in [0.25, 0.3) is 0 Å². The third kappa shape index (κ3) is 2.71. The first-order valence-corrected chi connectivity index (χ1v) is 6.59. The normalized spacial score (nSPS) is 12.7. The van der Waals surface area contributed by atoms with Crippen molar-refractivity contribution >= 4 is 0 Å². The van der Waals surface area contributed by atoms with Crippen LogP contribution in [0, 0.1) is 19.7 Å². The maximum absolute atomic E-state index is 14.2. The largest absolute Gasteiger partial charge is 0.464 e. The van der Waals surface area contributed by atoms with Crippen molar-refractivity contribution in [2.75, 3.05) is 7.05 Å². The van der Waals surface area contributed by atoms with Crippen LogP contribution in [0.2, 0.25) is 0 Å². The summed E-state index contributed by atoms with van der Waals surface area (Å²) in [6.07, 6.45) is 0.839. The summed E-state index contributed by atoms with van der Waals surface area (Å²) in [6.45, 7) is 5.87. The highest BCUT2D eigenvalue weighted by molar-refractivity contribution is 5.38. The smallest absolute Gasteiger partial charge is 0.128 e. The molecule has 0 radical (unpaired) electrons. The topological polar surface area (TPSA) is 25.2 Å². The number of nitrogens with one attached hydrogen (secondary N) is 1. The maximum Gasteiger partial charge on any atom is 0.128 e. The molecule has 0 aliphatic rings. The lowest BCUT2D eigenvalue weighted by Crippen LogP contribution is -2.19. The minimum atomic E-state index is -0.249. The van der Waals surface area contributed by atoms with Gasteiger partial charge in [-0.3, -0.25) is 0 Å². The van der Waals surface area contributed by atoms with Crippen molar-refractivity contribution < 1.29 is 8.81 Å². The van der Waals surface area contributed by atoms with Gasteiger partial charge < -0.3 is 9.73 Å². The van der Waals surface area contributed by atoms with Gasteiger partial charge in [-0.2, -0.15) is 0 Å². The minimum absolute atomic E-state index is 0.189. The molecular formula is C16H20FNO. The zero-order valence-corrected chi connectivity index (χ0v) is 11.9. The second-order valence-electron chi connectivity index (χ2n) is 4.86. The molecule has 102 valence electrons. The number of furan rings is 1. The van der Waals surface area contributed by atoms with Gasteiger partial charge in [0, 0.05) is 12.0 Å². The van der Waals surface area contributed by atoms with Gasteiger partial charge in [0.05, 0.1) is 6.04 Å². The fourth-order valence-electron chi connectivity index (χ4n) is 2.46. The van der Waals surface area contributed by atoms with Crippen molar-refractivity contribution in [2.24, 2.45) is 0 Å². The highest BCUT2D eigenvalue weighted by atomic mass is 19.1. The summed E-state index contributed by atoms with van der Waals surface area (Å²) in [5, 5.41) is 3.14. The molecule has 1 aromatic heterocycles. The van der Waals surface area contributed by atoms with Crippen molar-refractivity contribution in [3.8, 4) is 0 Å². The molecule has 0 aliphatic carbocycles. The van der Waals surface area contributed by atoms with Crippen LogP contribution in [0.5, 0.6) is 0 Å². The number of aryl methyl sites for hydroxylation is 3. The lowest BCUT2D eigenvalue weighted by Gasteiger charge is -2.18. The van der Waals surface area contributed by atoms with Gasteiger partial charge in [0.2, 0.25) is 0 Å². The monoisotopic (exact) mass is 261 g/mol. The van der Waals surface area contributed by atoms with Crippen molar-refractivity contribution in [2.45, 2.75) is 33.2 Å². The van der Waals surface area contributed by atoms with Crippen molar-refractivity contribution in [1.29, 1.82) is 0 Å². The molecule has 1 heterocycles. The molecule has 1 unspecified atom stereocenters. The molecule has 2 aromatic rings. The van der Waals surface area contributed by atoms with Gasteiger partial charge in [-0.05, 0) is 50.2 Å². The van der Waals surface area contributed by atoms with Crippen LogP contribution in [0.15, 0.2) is 28.7 Å². The van der Waals surface area contributed by atoms with Gasteiger partial charge in [-0.15, -0.1) is 0 Å². The van der Waals surface area contributed by atoms with Crippen LogP contribution < -0.4 is 5.32 Å². The van der Waals surface area contributed by atoms with Gasteiger partial charge >= 0.3 is 0 Å². The molecule has 0 spiro atoms. The number of hydrogen-bond donors (Lipinski definition) is 1. The average Bonchev–Trinajstić information content (AvgIpc) is 2.81. The summed E-state index contributed by atoms with van der Waals surface area (Å²) >= 11 is 0. The molecule has 2 nitrogen and oxygen atoms in total. The standard InChI is InChI=1S/C16H20FNO/c1-5-12-6-7-14(19-12)16(18-4)15-11(3)8-10(2)9-13(15)17/h6-9,16,18H,5H2,1-4H3. The molecule has 0 saturated heterocycles. The quantitative estimate of drug-likeness (QED) is 0.902. The number of benzene rings is 1.